The van der Waals surface area contributed by atoms with E-state index in [1.54, 1.807) is 11.3 Å². The van der Waals surface area contributed by atoms with Crippen LogP contribution in [0.5, 0.6) is 0 Å². The van der Waals surface area contributed by atoms with Crippen LogP contribution in [0, 0.1) is 0 Å². The Hall–Kier alpha value is -3.45. The quantitative estimate of drug-likeness (QED) is 0.421. The monoisotopic (exact) mass is 374 g/mol. The van der Waals surface area contributed by atoms with Crippen molar-refractivity contribution in [1.82, 2.24) is 15.0 Å². The maximum absolute atomic E-state index is 4.49. The highest BCUT2D eigenvalue weighted by Gasteiger charge is 2.08. The number of hydrogen-bond acceptors (Lipinski definition) is 7. The molecule has 0 amide bonds. The molecule has 0 atom stereocenters. The molecule has 4 rings (SSSR count). The van der Waals surface area contributed by atoms with E-state index in [4.69, 9.17) is 0 Å². The third-order valence-corrected chi connectivity index (χ3v) is 4.57. The maximum Gasteiger partial charge on any atom is 0.233 e. The van der Waals surface area contributed by atoms with Crippen LogP contribution >= 0.6 is 11.3 Å². The largest absolute Gasteiger partial charge is 0.349 e. The van der Waals surface area contributed by atoms with Crippen molar-refractivity contribution in [1.29, 1.82) is 0 Å². The fourth-order valence-electron chi connectivity index (χ4n) is 2.45. The number of anilines is 5. The highest BCUT2D eigenvalue weighted by molar-refractivity contribution is 7.09. The van der Waals surface area contributed by atoms with Gasteiger partial charge in [-0.2, -0.15) is 15.0 Å². The van der Waals surface area contributed by atoms with Gasteiger partial charge in [0, 0.05) is 16.3 Å². The van der Waals surface area contributed by atoms with Crippen LogP contribution in [0.4, 0.5) is 29.2 Å². The average molecular weight is 374 g/mol. The summed E-state index contributed by atoms with van der Waals surface area (Å²) in [7, 11) is 0. The van der Waals surface area contributed by atoms with E-state index in [-0.39, 0.29) is 0 Å². The zero-order valence-corrected chi connectivity index (χ0v) is 15.3. The molecule has 0 unspecified atom stereocenters. The first-order valence-electron chi connectivity index (χ1n) is 8.52. The van der Waals surface area contributed by atoms with Crippen molar-refractivity contribution in [3.63, 3.8) is 0 Å². The minimum absolute atomic E-state index is 0.475. The summed E-state index contributed by atoms with van der Waals surface area (Å²) < 4.78 is 0. The highest BCUT2D eigenvalue weighted by atomic mass is 32.1. The Balaban J connectivity index is 1.58. The number of benzene rings is 2. The van der Waals surface area contributed by atoms with Crippen LogP contribution in [-0.2, 0) is 6.54 Å². The molecule has 0 aliphatic rings. The van der Waals surface area contributed by atoms with Crippen molar-refractivity contribution >= 4 is 40.6 Å². The van der Waals surface area contributed by atoms with E-state index < -0.39 is 0 Å². The lowest BCUT2D eigenvalue weighted by atomic mass is 10.3. The molecule has 2 aromatic carbocycles. The number of rotatable bonds is 7. The molecule has 0 spiro atoms. The van der Waals surface area contributed by atoms with Gasteiger partial charge in [0.25, 0.3) is 0 Å². The Kier molecular flexibility index (Phi) is 5.21. The van der Waals surface area contributed by atoms with Gasteiger partial charge in [0.1, 0.15) is 0 Å². The number of nitrogens with zero attached hydrogens (tertiary/aromatic N) is 3. The summed E-state index contributed by atoms with van der Waals surface area (Å²) in [5.41, 5.74) is 1.83. The molecule has 27 heavy (non-hydrogen) atoms. The summed E-state index contributed by atoms with van der Waals surface area (Å²) in [4.78, 5) is 14.7. The zero-order chi connectivity index (χ0) is 18.3. The first-order valence-corrected chi connectivity index (χ1v) is 9.39. The molecule has 3 N–H and O–H groups in total. The second kappa shape index (κ2) is 8.29. The number of nitrogens with one attached hydrogen (secondary N) is 3. The molecule has 0 bridgehead atoms. The normalized spacial score (nSPS) is 10.4. The molecule has 2 heterocycles. The second-order valence-corrected chi connectivity index (χ2v) is 6.75. The Morgan fingerprint density at radius 2 is 1.19 bits per heavy atom. The Labute approximate surface area is 161 Å². The molecule has 0 fully saturated rings. The van der Waals surface area contributed by atoms with Gasteiger partial charge in [0.15, 0.2) is 0 Å². The van der Waals surface area contributed by atoms with Gasteiger partial charge in [-0.15, -0.1) is 11.3 Å². The third kappa shape index (κ3) is 4.80. The predicted octanol–water partition coefficient (Wildman–Crippen LogP) is 5.03. The number of aromatic nitrogens is 3. The fourth-order valence-corrected chi connectivity index (χ4v) is 3.09. The smallest absolute Gasteiger partial charge is 0.233 e. The molecule has 0 aliphatic carbocycles. The molecule has 134 valence electrons. The summed E-state index contributed by atoms with van der Waals surface area (Å²) in [6.07, 6.45) is 0. The van der Waals surface area contributed by atoms with Gasteiger partial charge in [-0.25, -0.2) is 0 Å². The first kappa shape index (κ1) is 17.0. The van der Waals surface area contributed by atoms with Crippen molar-refractivity contribution in [2.24, 2.45) is 0 Å². The maximum atomic E-state index is 4.49. The molecular formula is C20H18N6S. The Morgan fingerprint density at radius 1 is 0.630 bits per heavy atom. The average Bonchev–Trinajstić information content (AvgIpc) is 3.22. The first-order chi connectivity index (χ1) is 13.3. The van der Waals surface area contributed by atoms with Gasteiger partial charge in [0.05, 0.1) is 6.54 Å². The van der Waals surface area contributed by atoms with Crippen LogP contribution in [0.3, 0.4) is 0 Å². The van der Waals surface area contributed by atoms with Gasteiger partial charge in [0.2, 0.25) is 17.8 Å². The molecule has 0 radical (unpaired) electrons. The molecular weight excluding hydrogens is 356 g/mol. The van der Waals surface area contributed by atoms with E-state index in [1.807, 2.05) is 66.7 Å². The second-order valence-electron chi connectivity index (χ2n) is 5.72. The summed E-state index contributed by atoms with van der Waals surface area (Å²) in [6, 6.07) is 23.7. The van der Waals surface area contributed by atoms with Gasteiger partial charge in [-0.3, -0.25) is 0 Å². The Bertz CT molecular complexity index is 914. The van der Waals surface area contributed by atoms with E-state index in [2.05, 4.69) is 42.3 Å². The van der Waals surface area contributed by atoms with Crippen molar-refractivity contribution in [3.8, 4) is 0 Å². The van der Waals surface area contributed by atoms with Gasteiger partial charge in [-0.05, 0) is 35.7 Å². The van der Waals surface area contributed by atoms with E-state index in [9.17, 15) is 0 Å². The zero-order valence-electron chi connectivity index (χ0n) is 14.5. The molecule has 7 heteroatoms. The molecule has 4 aromatic rings. The summed E-state index contributed by atoms with van der Waals surface area (Å²) >= 11 is 1.69. The van der Waals surface area contributed by atoms with Crippen molar-refractivity contribution < 1.29 is 0 Å². The van der Waals surface area contributed by atoms with Crippen molar-refractivity contribution in [3.05, 3.63) is 83.1 Å². The fraction of sp³-hybridized carbons (Fsp3) is 0.0500. The van der Waals surface area contributed by atoms with Crippen LogP contribution in [0.15, 0.2) is 78.2 Å². The molecule has 0 saturated carbocycles. The summed E-state index contributed by atoms with van der Waals surface area (Å²) in [5.74, 6) is 1.46. The van der Waals surface area contributed by atoms with E-state index in [0.717, 1.165) is 11.4 Å². The Morgan fingerprint density at radius 3 is 1.70 bits per heavy atom. The van der Waals surface area contributed by atoms with Gasteiger partial charge in [-0.1, -0.05) is 42.5 Å². The topological polar surface area (TPSA) is 74.8 Å². The number of para-hydroxylation sites is 2. The minimum Gasteiger partial charge on any atom is -0.349 e. The molecule has 2 aromatic heterocycles. The van der Waals surface area contributed by atoms with Crippen molar-refractivity contribution in [2.75, 3.05) is 16.0 Å². The predicted molar refractivity (Wildman–Crippen MR) is 111 cm³/mol. The van der Waals surface area contributed by atoms with Gasteiger partial charge < -0.3 is 16.0 Å². The summed E-state index contributed by atoms with van der Waals surface area (Å²) in [5, 5.41) is 11.8. The van der Waals surface area contributed by atoms with Crippen LogP contribution in [0.2, 0.25) is 0 Å². The van der Waals surface area contributed by atoms with E-state index >= 15 is 0 Å². The summed E-state index contributed by atoms with van der Waals surface area (Å²) in [6.45, 7) is 0.664. The third-order valence-electron chi connectivity index (χ3n) is 3.70. The highest BCUT2D eigenvalue weighted by Crippen LogP contribution is 2.19. The number of thiophene rings is 1. The van der Waals surface area contributed by atoms with E-state index in [1.165, 1.54) is 4.88 Å². The lowest BCUT2D eigenvalue weighted by Gasteiger charge is -2.11. The molecule has 0 aliphatic heterocycles. The van der Waals surface area contributed by atoms with Crippen LogP contribution in [0.25, 0.3) is 0 Å². The molecule has 6 nitrogen and oxygen atoms in total. The van der Waals surface area contributed by atoms with Crippen LogP contribution in [0.1, 0.15) is 4.88 Å². The van der Waals surface area contributed by atoms with Crippen LogP contribution in [-0.4, -0.2) is 15.0 Å². The lowest BCUT2D eigenvalue weighted by Crippen LogP contribution is -2.09. The van der Waals surface area contributed by atoms with Crippen LogP contribution < -0.4 is 16.0 Å². The molecule has 0 saturated heterocycles. The number of hydrogen-bond donors (Lipinski definition) is 3. The SMILES string of the molecule is c1ccc(Nc2nc(NCc3cccs3)nc(Nc3ccccc3)n2)cc1. The van der Waals surface area contributed by atoms with E-state index in [0.29, 0.717) is 24.4 Å². The van der Waals surface area contributed by atoms with Crippen molar-refractivity contribution in [2.45, 2.75) is 6.54 Å². The minimum atomic E-state index is 0.475. The van der Waals surface area contributed by atoms with Gasteiger partial charge >= 0.3 is 0 Å². The standard InChI is InChI=1S/C20H18N6S/c1-3-8-15(9-4-1)22-19-24-18(21-14-17-12-7-13-27-17)25-20(26-19)23-16-10-5-2-6-11-16/h1-13H,14H2,(H3,21,22,23,24,25,26). The lowest BCUT2D eigenvalue weighted by molar-refractivity contribution is 1.02.